The van der Waals surface area contributed by atoms with Gasteiger partial charge in [0.25, 0.3) is 5.91 Å². The van der Waals surface area contributed by atoms with Gasteiger partial charge in [-0.25, -0.2) is 4.39 Å². The first-order chi connectivity index (χ1) is 8.45. The van der Waals surface area contributed by atoms with Crippen LogP contribution in [0.2, 0.25) is 0 Å². The summed E-state index contributed by atoms with van der Waals surface area (Å²) in [5, 5.41) is 2.81. The van der Waals surface area contributed by atoms with E-state index in [1.54, 1.807) is 6.07 Å². The van der Waals surface area contributed by atoms with Gasteiger partial charge in [0.1, 0.15) is 5.82 Å². The van der Waals surface area contributed by atoms with Gasteiger partial charge in [-0.2, -0.15) is 0 Å². The minimum Gasteiger partial charge on any atom is -0.348 e. The lowest BCUT2D eigenvalue weighted by Gasteiger charge is -2.18. The number of rotatable bonds is 5. The minimum atomic E-state index is -0.450. The Balaban J connectivity index is 2.78. The van der Waals surface area contributed by atoms with E-state index in [4.69, 9.17) is 11.6 Å². The van der Waals surface area contributed by atoms with Crippen molar-refractivity contribution in [3.05, 3.63) is 34.1 Å². The van der Waals surface area contributed by atoms with Gasteiger partial charge in [-0.15, -0.1) is 11.6 Å². The Morgan fingerprint density at radius 1 is 1.50 bits per heavy atom. The number of alkyl halides is 1. The van der Waals surface area contributed by atoms with Crippen molar-refractivity contribution in [3.8, 4) is 0 Å². The normalized spacial score (nSPS) is 12.6. The van der Waals surface area contributed by atoms with Gasteiger partial charge < -0.3 is 5.32 Å². The van der Waals surface area contributed by atoms with Crippen molar-refractivity contribution in [1.29, 1.82) is 0 Å². The van der Waals surface area contributed by atoms with Crippen LogP contribution in [0.3, 0.4) is 0 Å². The molecule has 0 aliphatic rings. The molecule has 0 fully saturated rings. The molecule has 1 atom stereocenters. The fourth-order valence-corrected chi connectivity index (χ4v) is 2.32. The molecule has 0 aliphatic carbocycles. The lowest BCUT2D eigenvalue weighted by atomic mass is 10.0. The maximum Gasteiger partial charge on any atom is 0.252 e. The van der Waals surface area contributed by atoms with Crippen LogP contribution in [0, 0.1) is 11.7 Å². The number of carbonyl (C=O) groups excluding carboxylic acids is 1. The molecule has 0 saturated heterocycles. The predicted molar refractivity (Wildman–Crippen MR) is 75.5 cm³/mol. The van der Waals surface area contributed by atoms with Crippen LogP contribution in [0.25, 0.3) is 0 Å². The second kappa shape index (κ2) is 7.10. The summed E-state index contributed by atoms with van der Waals surface area (Å²) in [6.45, 7) is 4.12. The van der Waals surface area contributed by atoms with Crippen LogP contribution >= 0.6 is 27.5 Å². The predicted octanol–water partition coefficient (Wildman–Crippen LogP) is 3.97. The molecule has 0 aromatic heterocycles. The number of hydrogen-bond donors (Lipinski definition) is 1. The summed E-state index contributed by atoms with van der Waals surface area (Å²) in [5.41, 5.74) is 0.286. The molecule has 1 aromatic carbocycles. The fourth-order valence-electron chi connectivity index (χ4n) is 1.67. The fraction of sp³-hybridized carbons (Fsp3) is 0.462. The number of carbonyl (C=O) groups is 1. The third kappa shape index (κ3) is 4.25. The van der Waals surface area contributed by atoms with Crippen LogP contribution in [-0.2, 0) is 0 Å². The van der Waals surface area contributed by atoms with Gasteiger partial charge in [0.05, 0.1) is 10.0 Å². The van der Waals surface area contributed by atoms with E-state index in [0.717, 1.165) is 6.42 Å². The Morgan fingerprint density at radius 3 is 2.72 bits per heavy atom. The van der Waals surface area contributed by atoms with Gasteiger partial charge in [0.15, 0.2) is 0 Å². The zero-order valence-corrected chi connectivity index (χ0v) is 12.7. The molecule has 1 aromatic rings. The molecule has 18 heavy (non-hydrogen) atoms. The SMILES string of the molecule is CC(C)CC(CCl)NC(=O)c1cccc(F)c1Br. The Kier molecular flexibility index (Phi) is 6.09. The Hall–Kier alpha value is -0.610. The number of amides is 1. The molecule has 0 heterocycles. The summed E-state index contributed by atoms with van der Waals surface area (Å²) in [4.78, 5) is 12.0. The van der Waals surface area contributed by atoms with Crippen LogP contribution in [0.4, 0.5) is 4.39 Å². The van der Waals surface area contributed by atoms with E-state index < -0.39 is 5.82 Å². The molecule has 1 unspecified atom stereocenters. The first-order valence-corrected chi connectivity index (χ1v) is 7.09. The third-order valence-corrected chi connectivity index (χ3v) is 3.65. The van der Waals surface area contributed by atoms with E-state index in [-0.39, 0.29) is 22.0 Å². The quantitative estimate of drug-likeness (QED) is 0.810. The van der Waals surface area contributed by atoms with E-state index in [1.807, 2.05) is 0 Å². The molecule has 1 rings (SSSR count). The minimum absolute atomic E-state index is 0.102. The molecule has 1 N–H and O–H groups in total. The van der Waals surface area contributed by atoms with E-state index in [0.29, 0.717) is 11.8 Å². The van der Waals surface area contributed by atoms with Crippen LogP contribution in [0.15, 0.2) is 22.7 Å². The van der Waals surface area contributed by atoms with Crippen molar-refractivity contribution in [2.75, 3.05) is 5.88 Å². The lowest BCUT2D eigenvalue weighted by Crippen LogP contribution is -2.37. The zero-order valence-electron chi connectivity index (χ0n) is 10.3. The zero-order chi connectivity index (χ0) is 13.7. The summed E-state index contributed by atoms with van der Waals surface area (Å²) < 4.78 is 13.5. The van der Waals surface area contributed by atoms with Crippen LogP contribution < -0.4 is 5.32 Å². The maximum atomic E-state index is 13.3. The highest BCUT2D eigenvalue weighted by Crippen LogP contribution is 2.20. The van der Waals surface area contributed by atoms with E-state index in [1.165, 1.54) is 12.1 Å². The van der Waals surface area contributed by atoms with Crippen molar-refractivity contribution < 1.29 is 9.18 Å². The molecule has 0 aliphatic heterocycles. The topological polar surface area (TPSA) is 29.1 Å². The van der Waals surface area contributed by atoms with E-state index in [9.17, 15) is 9.18 Å². The van der Waals surface area contributed by atoms with Crippen molar-refractivity contribution in [2.24, 2.45) is 5.92 Å². The monoisotopic (exact) mass is 335 g/mol. The standard InChI is InChI=1S/C13H16BrClFNO/c1-8(2)6-9(7-15)17-13(18)10-4-3-5-11(16)12(10)14/h3-5,8-9H,6-7H2,1-2H3,(H,17,18). The number of nitrogens with one attached hydrogen (secondary N) is 1. The molecule has 5 heteroatoms. The second-order valence-corrected chi connectivity index (χ2v) is 5.66. The number of halogens is 3. The average Bonchev–Trinajstić information content (AvgIpc) is 2.31. The molecule has 1 amide bonds. The third-order valence-electron chi connectivity index (χ3n) is 2.47. The molecule has 2 nitrogen and oxygen atoms in total. The molecule has 100 valence electrons. The first kappa shape index (κ1) is 15.4. The lowest BCUT2D eigenvalue weighted by molar-refractivity contribution is 0.0935. The maximum absolute atomic E-state index is 13.3. The van der Waals surface area contributed by atoms with E-state index >= 15 is 0 Å². The van der Waals surface area contributed by atoms with Gasteiger partial charge >= 0.3 is 0 Å². The molecular weight excluding hydrogens is 321 g/mol. The highest BCUT2D eigenvalue weighted by Gasteiger charge is 2.17. The van der Waals surface area contributed by atoms with Crippen molar-refractivity contribution in [3.63, 3.8) is 0 Å². The summed E-state index contributed by atoms with van der Waals surface area (Å²) in [5.74, 6) is 0.0169. The highest BCUT2D eigenvalue weighted by atomic mass is 79.9. The highest BCUT2D eigenvalue weighted by molar-refractivity contribution is 9.10. The Morgan fingerprint density at radius 2 is 2.17 bits per heavy atom. The summed E-state index contributed by atoms with van der Waals surface area (Å²) in [7, 11) is 0. The molecule has 0 radical (unpaired) electrons. The van der Waals surface area contributed by atoms with Crippen LogP contribution in [0.5, 0.6) is 0 Å². The average molecular weight is 337 g/mol. The first-order valence-electron chi connectivity index (χ1n) is 5.76. The van der Waals surface area contributed by atoms with Crippen LogP contribution in [-0.4, -0.2) is 17.8 Å². The molecular formula is C13H16BrClFNO. The van der Waals surface area contributed by atoms with E-state index in [2.05, 4.69) is 35.1 Å². The Bertz CT molecular complexity index is 425. The Labute approximate surface area is 120 Å². The molecule has 0 bridgehead atoms. The molecule has 0 spiro atoms. The number of benzene rings is 1. The van der Waals surface area contributed by atoms with Gasteiger partial charge in [-0.05, 0) is 40.4 Å². The van der Waals surface area contributed by atoms with Crippen molar-refractivity contribution in [1.82, 2.24) is 5.32 Å². The smallest absolute Gasteiger partial charge is 0.252 e. The van der Waals surface area contributed by atoms with Crippen molar-refractivity contribution >= 4 is 33.4 Å². The second-order valence-electron chi connectivity index (χ2n) is 4.56. The molecule has 0 saturated carbocycles. The van der Waals surface area contributed by atoms with Gasteiger partial charge in [-0.3, -0.25) is 4.79 Å². The van der Waals surface area contributed by atoms with Gasteiger partial charge in [-0.1, -0.05) is 19.9 Å². The number of hydrogen-bond acceptors (Lipinski definition) is 1. The summed E-state index contributed by atoms with van der Waals surface area (Å²) in [6.07, 6.45) is 0.794. The largest absolute Gasteiger partial charge is 0.348 e. The van der Waals surface area contributed by atoms with Gasteiger partial charge in [0.2, 0.25) is 0 Å². The van der Waals surface area contributed by atoms with Gasteiger partial charge in [0, 0.05) is 11.9 Å². The summed E-state index contributed by atoms with van der Waals surface area (Å²) in [6, 6.07) is 4.28. The summed E-state index contributed by atoms with van der Waals surface area (Å²) >= 11 is 8.89. The van der Waals surface area contributed by atoms with Crippen LogP contribution in [0.1, 0.15) is 30.6 Å². The van der Waals surface area contributed by atoms with Crippen molar-refractivity contribution in [2.45, 2.75) is 26.3 Å².